The Bertz CT molecular complexity index is 369. The van der Waals surface area contributed by atoms with E-state index in [1.165, 1.54) is 6.07 Å². The summed E-state index contributed by atoms with van der Waals surface area (Å²) in [6.07, 6.45) is -7.12. The second-order valence-corrected chi connectivity index (χ2v) is 3.92. The summed E-state index contributed by atoms with van der Waals surface area (Å²) in [5.74, 6) is -0.506. The summed E-state index contributed by atoms with van der Waals surface area (Å²) in [6.45, 7) is -0.687. The van der Waals surface area contributed by atoms with Gasteiger partial charge in [0.05, 0.1) is 0 Å². The van der Waals surface area contributed by atoms with Gasteiger partial charge in [-0.25, -0.2) is 4.39 Å². The van der Waals surface area contributed by atoms with E-state index in [4.69, 9.17) is 5.11 Å². The Morgan fingerprint density at radius 1 is 1.38 bits per heavy atom. The highest BCUT2D eigenvalue weighted by Crippen LogP contribution is 2.25. The number of halogens is 5. The van der Waals surface area contributed by atoms with E-state index in [1.54, 1.807) is 0 Å². The second kappa shape index (κ2) is 5.01. The molecule has 0 spiro atoms. The molecular weight excluding hydrogens is 294 g/mol. The lowest BCUT2D eigenvalue weighted by atomic mass is 10.3. The molecule has 16 heavy (non-hydrogen) atoms. The van der Waals surface area contributed by atoms with Crippen LogP contribution in [0.25, 0.3) is 0 Å². The quantitative estimate of drug-likeness (QED) is 0.842. The average Bonchev–Trinajstić information content (AvgIpc) is 2.14. The van der Waals surface area contributed by atoms with Gasteiger partial charge in [-0.1, -0.05) is 0 Å². The number of anilines is 1. The maximum absolute atomic E-state index is 12.6. The molecule has 0 fully saturated rings. The first-order chi connectivity index (χ1) is 7.30. The molecule has 1 aromatic rings. The van der Waals surface area contributed by atoms with Crippen LogP contribution in [0, 0.1) is 5.82 Å². The van der Waals surface area contributed by atoms with Crippen molar-refractivity contribution in [2.45, 2.75) is 12.3 Å². The standard InChI is InChI=1S/C9H8BrF4NO/c10-6-3-5(11)1-2-7(6)15-4-8(16)9(12,13)14/h1-3,8,15-16H,4H2. The Morgan fingerprint density at radius 2 is 2.00 bits per heavy atom. The van der Waals surface area contributed by atoms with Crippen LogP contribution in [-0.2, 0) is 0 Å². The first-order valence-corrected chi connectivity index (χ1v) is 5.03. The SMILES string of the molecule is OC(CNc1ccc(F)cc1Br)C(F)(F)F. The molecule has 1 rings (SSSR count). The van der Waals surface area contributed by atoms with Crippen LogP contribution >= 0.6 is 15.9 Å². The van der Waals surface area contributed by atoms with E-state index in [0.29, 0.717) is 4.47 Å². The van der Waals surface area contributed by atoms with E-state index >= 15 is 0 Å². The van der Waals surface area contributed by atoms with E-state index < -0.39 is 24.6 Å². The van der Waals surface area contributed by atoms with E-state index in [-0.39, 0.29) is 5.69 Å². The van der Waals surface area contributed by atoms with Crippen molar-refractivity contribution in [2.24, 2.45) is 0 Å². The van der Waals surface area contributed by atoms with Gasteiger partial charge in [0.1, 0.15) is 5.82 Å². The monoisotopic (exact) mass is 301 g/mol. The van der Waals surface area contributed by atoms with Crippen LogP contribution in [0.15, 0.2) is 22.7 Å². The third-order valence-electron chi connectivity index (χ3n) is 1.79. The van der Waals surface area contributed by atoms with E-state index in [1.807, 2.05) is 0 Å². The van der Waals surface area contributed by atoms with Crippen LogP contribution in [0.2, 0.25) is 0 Å². The number of hydrogen-bond donors (Lipinski definition) is 2. The smallest absolute Gasteiger partial charge is 0.382 e. The maximum atomic E-state index is 12.6. The normalized spacial score (nSPS) is 13.6. The minimum Gasteiger partial charge on any atom is -0.382 e. The lowest BCUT2D eigenvalue weighted by Gasteiger charge is -2.16. The van der Waals surface area contributed by atoms with Crippen LogP contribution < -0.4 is 5.32 Å². The number of nitrogens with one attached hydrogen (secondary N) is 1. The molecule has 0 amide bonds. The Kier molecular flexibility index (Phi) is 4.15. The summed E-state index contributed by atoms with van der Waals surface area (Å²) in [7, 11) is 0. The van der Waals surface area contributed by atoms with Gasteiger partial charge < -0.3 is 10.4 Å². The summed E-state index contributed by atoms with van der Waals surface area (Å²) >= 11 is 2.98. The fourth-order valence-corrected chi connectivity index (χ4v) is 1.45. The molecule has 0 aliphatic rings. The highest BCUT2D eigenvalue weighted by atomic mass is 79.9. The lowest BCUT2D eigenvalue weighted by molar-refractivity contribution is -0.198. The van der Waals surface area contributed by atoms with Gasteiger partial charge >= 0.3 is 6.18 Å². The minimum atomic E-state index is -4.67. The van der Waals surface area contributed by atoms with Gasteiger partial charge in [-0.3, -0.25) is 0 Å². The number of alkyl halides is 3. The molecule has 0 aliphatic heterocycles. The fraction of sp³-hybridized carbons (Fsp3) is 0.333. The third-order valence-corrected chi connectivity index (χ3v) is 2.45. The number of rotatable bonds is 3. The molecule has 0 aliphatic carbocycles. The predicted molar refractivity (Wildman–Crippen MR) is 54.7 cm³/mol. The van der Waals surface area contributed by atoms with Crippen LogP contribution in [0.1, 0.15) is 0 Å². The lowest BCUT2D eigenvalue weighted by Crippen LogP contribution is -2.35. The van der Waals surface area contributed by atoms with Crippen molar-refractivity contribution in [2.75, 3.05) is 11.9 Å². The van der Waals surface area contributed by atoms with Crippen LogP contribution in [-0.4, -0.2) is 23.9 Å². The predicted octanol–water partition coefficient (Wildman–Crippen LogP) is 2.92. The van der Waals surface area contributed by atoms with Crippen LogP contribution in [0.5, 0.6) is 0 Å². The van der Waals surface area contributed by atoms with Gasteiger partial charge in [0.25, 0.3) is 0 Å². The summed E-state index contributed by atoms with van der Waals surface area (Å²) in [4.78, 5) is 0. The first-order valence-electron chi connectivity index (χ1n) is 4.24. The molecular formula is C9H8BrF4NO. The molecule has 0 aromatic heterocycles. The van der Waals surface area contributed by atoms with Crippen LogP contribution in [0.4, 0.5) is 23.2 Å². The zero-order chi connectivity index (χ0) is 12.3. The molecule has 2 N–H and O–H groups in total. The van der Waals surface area contributed by atoms with E-state index in [9.17, 15) is 17.6 Å². The van der Waals surface area contributed by atoms with Crippen molar-refractivity contribution in [1.82, 2.24) is 0 Å². The molecule has 90 valence electrons. The van der Waals surface area contributed by atoms with Crippen molar-refractivity contribution >= 4 is 21.6 Å². The molecule has 0 radical (unpaired) electrons. The van der Waals surface area contributed by atoms with Crippen molar-refractivity contribution < 1.29 is 22.7 Å². The topological polar surface area (TPSA) is 32.3 Å². The summed E-state index contributed by atoms with van der Waals surface area (Å²) in [5.41, 5.74) is 0.282. The molecule has 0 heterocycles. The van der Waals surface area contributed by atoms with Crippen molar-refractivity contribution in [3.8, 4) is 0 Å². The highest BCUT2D eigenvalue weighted by molar-refractivity contribution is 9.10. The maximum Gasteiger partial charge on any atom is 0.416 e. The third kappa shape index (κ3) is 3.64. The van der Waals surface area contributed by atoms with Gasteiger partial charge in [0.2, 0.25) is 0 Å². The molecule has 1 aromatic carbocycles. The van der Waals surface area contributed by atoms with Crippen molar-refractivity contribution in [3.63, 3.8) is 0 Å². The summed E-state index contributed by atoms with van der Waals surface area (Å²) < 4.78 is 48.8. The molecule has 7 heteroatoms. The summed E-state index contributed by atoms with van der Waals surface area (Å²) in [6, 6.07) is 3.50. The fourth-order valence-electron chi connectivity index (χ4n) is 0.955. The second-order valence-electron chi connectivity index (χ2n) is 3.06. The van der Waals surface area contributed by atoms with Gasteiger partial charge in [-0.2, -0.15) is 13.2 Å². The number of benzene rings is 1. The molecule has 1 atom stereocenters. The number of hydrogen-bond acceptors (Lipinski definition) is 2. The van der Waals surface area contributed by atoms with Gasteiger partial charge in [-0.15, -0.1) is 0 Å². The number of aliphatic hydroxyl groups is 1. The number of aliphatic hydroxyl groups excluding tert-OH is 1. The highest BCUT2D eigenvalue weighted by Gasteiger charge is 2.37. The molecule has 2 nitrogen and oxygen atoms in total. The van der Waals surface area contributed by atoms with Crippen molar-refractivity contribution in [1.29, 1.82) is 0 Å². The Balaban J connectivity index is 2.62. The molecule has 0 saturated heterocycles. The van der Waals surface area contributed by atoms with Gasteiger partial charge in [-0.05, 0) is 34.1 Å². The zero-order valence-electron chi connectivity index (χ0n) is 7.85. The molecule has 0 saturated carbocycles. The van der Waals surface area contributed by atoms with E-state index in [2.05, 4.69) is 21.2 Å². The average molecular weight is 302 g/mol. The Labute approximate surface area is 97.4 Å². The Morgan fingerprint density at radius 3 is 2.50 bits per heavy atom. The summed E-state index contributed by atoms with van der Waals surface area (Å²) in [5, 5.41) is 11.1. The first kappa shape index (κ1) is 13.2. The van der Waals surface area contributed by atoms with Crippen molar-refractivity contribution in [3.05, 3.63) is 28.5 Å². The molecule has 1 unspecified atom stereocenters. The van der Waals surface area contributed by atoms with Gasteiger partial charge in [0.15, 0.2) is 6.10 Å². The van der Waals surface area contributed by atoms with Gasteiger partial charge in [0, 0.05) is 16.7 Å². The zero-order valence-corrected chi connectivity index (χ0v) is 9.44. The Hall–Kier alpha value is -0.820. The minimum absolute atomic E-state index is 0.282. The largest absolute Gasteiger partial charge is 0.416 e. The van der Waals surface area contributed by atoms with E-state index in [0.717, 1.165) is 12.1 Å². The molecule has 0 bridgehead atoms. The van der Waals surface area contributed by atoms with Crippen LogP contribution in [0.3, 0.4) is 0 Å².